The van der Waals surface area contributed by atoms with Crippen LogP contribution in [0.15, 0.2) is 194 Å². The van der Waals surface area contributed by atoms with Gasteiger partial charge in [0.15, 0.2) is 0 Å². The number of nitrogens with zero attached hydrogens (tertiary/aromatic N) is 2. The average molecular weight is 749 g/mol. The van der Waals surface area contributed by atoms with E-state index in [1.165, 1.54) is 84.0 Å². The second-order valence-corrected chi connectivity index (χ2v) is 16.7. The van der Waals surface area contributed by atoms with Crippen LogP contribution in [0.25, 0.3) is 72.7 Å². The molecule has 262 valence electrons. The van der Waals surface area contributed by atoms with Crippen molar-refractivity contribution in [3.05, 3.63) is 194 Å². The summed E-state index contributed by atoms with van der Waals surface area (Å²) in [5.41, 5.74) is 6.90. The number of para-hydroxylation sites is 2. The predicted molar refractivity (Wildman–Crippen MR) is 245 cm³/mol. The zero-order chi connectivity index (χ0) is 36.7. The molecule has 2 aromatic heterocycles. The molecule has 0 radical (unpaired) electrons. The Bertz CT molecular complexity index is 3210. The molecule has 0 atom stereocenters. The number of anilines is 6. The van der Waals surface area contributed by atoms with Gasteiger partial charge < -0.3 is 9.80 Å². The Labute approximate surface area is 331 Å². The summed E-state index contributed by atoms with van der Waals surface area (Å²) in [6, 6.07) is 71.6. The van der Waals surface area contributed by atoms with Gasteiger partial charge in [0.2, 0.25) is 0 Å². The molecule has 10 aromatic carbocycles. The van der Waals surface area contributed by atoms with Crippen molar-refractivity contribution in [2.45, 2.75) is 0 Å². The minimum absolute atomic E-state index is 1.13. The van der Waals surface area contributed by atoms with Crippen LogP contribution in [0, 0.1) is 0 Å². The third-order valence-electron chi connectivity index (χ3n) is 11.3. The third-order valence-corrected chi connectivity index (χ3v) is 13.6. The average Bonchev–Trinajstić information content (AvgIpc) is 3.82. The molecule has 56 heavy (non-hydrogen) atoms. The molecule has 12 aromatic rings. The Balaban J connectivity index is 1.12. The first-order valence-corrected chi connectivity index (χ1v) is 20.6. The van der Waals surface area contributed by atoms with Crippen LogP contribution in [0.2, 0.25) is 0 Å². The van der Waals surface area contributed by atoms with Gasteiger partial charge in [-0.2, -0.15) is 0 Å². The highest BCUT2D eigenvalue weighted by Gasteiger charge is 2.24. The van der Waals surface area contributed by atoms with E-state index in [0.29, 0.717) is 0 Å². The fraction of sp³-hybridized carbons (Fsp3) is 0. The molecule has 0 bridgehead atoms. The molecular formula is C52H32N2S2. The lowest BCUT2D eigenvalue weighted by Gasteiger charge is -2.30. The van der Waals surface area contributed by atoms with Gasteiger partial charge in [0.25, 0.3) is 0 Å². The van der Waals surface area contributed by atoms with Crippen molar-refractivity contribution in [2.24, 2.45) is 0 Å². The number of hydrogen-bond donors (Lipinski definition) is 0. The normalized spacial score (nSPS) is 11.9. The van der Waals surface area contributed by atoms with E-state index < -0.39 is 0 Å². The molecule has 0 spiro atoms. The van der Waals surface area contributed by atoms with Crippen LogP contribution in [0.1, 0.15) is 0 Å². The molecule has 0 fully saturated rings. The monoisotopic (exact) mass is 748 g/mol. The van der Waals surface area contributed by atoms with Gasteiger partial charge >= 0.3 is 0 Å². The Hall–Kier alpha value is -6.72. The van der Waals surface area contributed by atoms with Gasteiger partial charge in [0.05, 0.1) is 11.4 Å². The van der Waals surface area contributed by atoms with E-state index in [1.54, 1.807) is 0 Å². The van der Waals surface area contributed by atoms with Gasteiger partial charge in [-0.25, -0.2) is 0 Å². The van der Waals surface area contributed by atoms with Crippen molar-refractivity contribution in [3.8, 4) is 0 Å². The maximum absolute atomic E-state index is 2.45. The highest BCUT2D eigenvalue weighted by Crippen LogP contribution is 2.50. The van der Waals surface area contributed by atoms with Gasteiger partial charge in [-0.05, 0) is 106 Å². The Kier molecular flexibility index (Phi) is 7.00. The zero-order valence-electron chi connectivity index (χ0n) is 30.2. The highest BCUT2D eigenvalue weighted by atomic mass is 32.1. The van der Waals surface area contributed by atoms with Crippen LogP contribution in [0.4, 0.5) is 34.1 Å². The first kappa shape index (κ1) is 31.6. The van der Waals surface area contributed by atoms with Crippen molar-refractivity contribution in [1.82, 2.24) is 0 Å². The van der Waals surface area contributed by atoms with Crippen LogP contribution in [0.3, 0.4) is 0 Å². The van der Waals surface area contributed by atoms with Crippen molar-refractivity contribution in [2.75, 3.05) is 9.80 Å². The van der Waals surface area contributed by atoms with Crippen molar-refractivity contribution >= 4 is 129 Å². The largest absolute Gasteiger partial charge is 0.310 e. The third kappa shape index (κ3) is 4.80. The number of rotatable bonds is 6. The lowest BCUT2D eigenvalue weighted by Crippen LogP contribution is -2.12. The number of hydrogen-bond acceptors (Lipinski definition) is 4. The Morgan fingerprint density at radius 1 is 0.268 bits per heavy atom. The lowest BCUT2D eigenvalue weighted by molar-refractivity contribution is 1.30. The molecule has 12 rings (SSSR count). The number of thiophene rings is 2. The van der Waals surface area contributed by atoms with Crippen molar-refractivity contribution < 1.29 is 0 Å². The van der Waals surface area contributed by atoms with Gasteiger partial charge in [-0.15, -0.1) is 22.7 Å². The summed E-state index contributed by atoms with van der Waals surface area (Å²) >= 11 is 3.72. The van der Waals surface area contributed by atoms with Gasteiger partial charge in [-0.1, -0.05) is 109 Å². The highest BCUT2D eigenvalue weighted by molar-refractivity contribution is 7.26. The predicted octanol–water partition coefficient (Wildman–Crippen LogP) is 16.3. The van der Waals surface area contributed by atoms with E-state index in [9.17, 15) is 0 Å². The minimum Gasteiger partial charge on any atom is -0.310 e. The molecule has 0 aliphatic rings. The number of benzene rings is 10. The number of fused-ring (bicyclic) bond motifs is 6. The Morgan fingerprint density at radius 2 is 0.661 bits per heavy atom. The van der Waals surface area contributed by atoms with Crippen LogP contribution in [-0.2, 0) is 0 Å². The quantitative estimate of drug-likeness (QED) is 0.156. The van der Waals surface area contributed by atoms with Crippen molar-refractivity contribution in [1.29, 1.82) is 0 Å². The first-order chi connectivity index (χ1) is 27.8. The van der Waals surface area contributed by atoms with E-state index in [4.69, 9.17) is 0 Å². The van der Waals surface area contributed by atoms with Crippen LogP contribution < -0.4 is 9.80 Å². The van der Waals surface area contributed by atoms with E-state index in [2.05, 4.69) is 204 Å². The smallest absolute Gasteiger partial charge is 0.0546 e. The SMILES string of the molecule is c1ccc(N(c2ccc3sc4ccccc4c3c2)c2cc3cccc4c(N(c5ccccc5)c5ccc6sc7ccccc7c6c5)cc5cccc2c5c34)cc1. The van der Waals surface area contributed by atoms with E-state index >= 15 is 0 Å². The van der Waals surface area contributed by atoms with Crippen LogP contribution in [0.5, 0.6) is 0 Å². The fourth-order valence-electron chi connectivity index (χ4n) is 8.90. The molecule has 0 amide bonds. The fourth-order valence-corrected chi connectivity index (χ4v) is 11.1. The molecule has 0 aliphatic heterocycles. The summed E-state index contributed by atoms with van der Waals surface area (Å²) in [4.78, 5) is 4.90. The molecule has 2 nitrogen and oxygen atoms in total. The molecule has 2 heterocycles. The summed E-state index contributed by atoms with van der Waals surface area (Å²) < 4.78 is 5.24. The summed E-state index contributed by atoms with van der Waals surface area (Å²) in [6.45, 7) is 0. The van der Waals surface area contributed by atoms with E-state index in [-0.39, 0.29) is 0 Å². The van der Waals surface area contributed by atoms with E-state index in [1.807, 2.05) is 22.7 Å². The first-order valence-electron chi connectivity index (χ1n) is 19.0. The van der Waals surface area contributed by atoms with Crippen molar-refractivity contribution in [3.63, 3.8) is 0 Å². The minimum atomic E-state index is 1.13. The topological polar surface area (TPSA) is 6.48 Å². The molecule has 0 N–H and O–H groups in total. The second kappa shape index (κ2) is 12.4. The molecule has 0 aliphatic carbocycles. The van der Waals surface area contributed by atoms with Gasteiger partial charge in [0, 0.05) is 73.9 Å². The standard InChI is InChI=1S/C52H32N2S2/c1-3-15-35(16-4-1)53(37-25-27-49-43(31-37)39-19-7-9-23-47(39)55-49)45-29-33-13-12-22-42-46(30-34-14-11-21-41(45)51(34)52(33)42)54(36-17-5-2-6-18-36)38-26-28-50-44(32-38)40-20-8-10-24-48(40)56-50/h1-32H. The molecule has 0 saturated carbocycles. The second-order valence-electron chi connectivity index (χ2n) is 14.5. The maximum atomic E-state index is 2.45. The molecule has 0 saturated heterocycles. The summed E-state index contributed by atoms with van der Waals surface area (Å²) in [5, 5.41) is 12.7. The van der Waals surface area contributed by atoms with Gasteiger partial charge in [0.1, 0.15) is 0 Å². The van der Waals surface area contributed by atoms with Crippen LogP contribution >= 0.6 is 22.7 Å². The summed E-state index contributed by atoms with van der Waals surface area (Å²) in [7, 11) is 0. The maximum Gasteiger partial charge on any atom is 0.0546 e. The van der Waals surface area contributed by atoms with E-state index in [0.717, 1.165) is 22.7 Å². The summed E-state index contributed by atoms with van der Waals surface area (Å²) in [5.74, 6) is 0. The molecule has 4 heteroatoms. The zero-order valence-corrected chi connectivity index (χ0v) is 31.8. The molecule has 0 unspecified atom stereocenters. The lowest BCUT2D eigenvalue weighted by atomic mass is 9.91. The Morgan fingerprint density at radius 3 is 1.12 bits per heavy atom. The summed E-state index contributed by atoms with van der Waals surface area (Å²) in [6.07, 6.45) is 0. The van der Waals surface area contributed by atoms with Gasteiger partial charge in [-0.3, -0.25) is 0 Å². The molecular weight excluding hydrogens is 717 g/mol. The van der Waals surface area contributed by atoms with Crippen LogP contribution in [-0.4, -0.2) is 0 Å².